The average molecular weight is 363 g/mol. The van der Waals surface area contributed by atoms with Gasteiger partial charge in [-0.25, -0.2) is 0 Å². The number of rotatable bonds is 4. The van der Waals surface area contributed by atoms with E-state index in [-0.39, 0.29) is 5.92 Å². The minimum absolute atomic E-state index is 0.285. The van der Waals surface area contributed by atoms with Crippen LogP contribution in [0.2, 0.25) is 0 Å². The number of aliphatic imine (C=N–C) groups is 1. The molecular formula is C21H38N4O. The monoisotopic (exact) mass is 362 g/mol. The minimum Gasteiger partial charge on any atom is -0.356 e. The first-order valence-electron chi connectivity index (χ1n) is 10.9. The molecule has 1 aliphatic heterocycles. The van der Waals surface area contributed by atoms with Crippen LogP contribution in [0.4, 0.5) is 0 Å². The summed E-state index contributed by atoms with van der Waals surface area (Å²) in [6.07, 6.45) is 12.4. The van der Waals surface area contributed by atoms with Gasteiger partial charge in [0.15, 0.2) is 5.96 Å². The van der Waals surface area contributed by atoms with Crippen molar-refractivity contribution in [3.8, 4) is 0 Å². The first-order chi connectivity index (χ1) is 12.7. The molecule has 3 rings (SSSR count). The molecule has 0 aromatic heterocycles. The second kappa shape index (κ2) is 9.61. The molecule has 148 valence electrons. The van der Waals surface area contributed by atoms with Crippen molar-refractivity contribution in [2.24, 2.45) is 22.7 Å². The number of nitrogens with one attached hydrogen (secondary N) is 2. The van der Waals surface area contributed by atoms with E-state index in [0.29, 0.717) is 11.9 Å². The van der Waals surface area contributed by atoms with Crippen LogP contribution >= 0.6 is 0 Å². The van der Waals surface area contributed by atoms with Gasteiger partial charge < -0.3 is 15.5 Å². The Hall–Kier alpha value is -1.26. The highest BCUT2D eigenvalue weighted by atomic mass is 16.2. The van der Waals surface area contributed by atoms with E-state index in [0.717, 1.165) is 56.7 Å². The molecule has 0 radical (unpaired) electrons. The second-order valence-corrected chi connectivity index (χ2v) is 8.84. The molecule has 26 heavy (non-hydrogen) atoms. The summed E-state index contributed by atoms with van der Waals surface area (Å²) in [5.74, 6) is 3.21. The number of hydrogen-bond donors (Lipinski definition) is 2. The molecule has 1 amide bonds. The van der Waals surface area contributed by atoms with E-state index < -0.39 is 0 Å². The first kappa shape index (κ1) is 19.5. The third-order valence-electron chi connectivity index (χ3n) is 6.62. The van der Waals surface area contributed by atoms with Gasteiger partial charge in [0.1, 0.15) is 0 Å². The number of nitrogens with zero attached hydrogens (tertiary/aromatic N) is 2. The molecule has 0 aromatic rings. The summed E-state index contributed by atoms with van der Waals surface area (Å²) < 4.78 is 0. The zero-order valence-corrected chi connectivity index (χ0v) is 16.8. The van der Waals surface area contributed by atoms with Gasteiger partial charge in [0, 0.05) is 38.6 Å². The molecule has 3 fully saturated rings. The van der Waals surface area contributed by atoms with Crippen LogP contribution in [0.1, 0.15) is 71.1 Å². The van der Waals surface area contributed by atoms with Crippen molar-refractivity contribution in [3.05, 3.63) is 0 Å². The van der Waals surface area contributed by atoms with Gasteiger partial charge in [0.2, 0.25) is 5.91 Å². The van der Waals surface area contributed by atoms with E-state index >= 15 is 0 Å². The quantitative estimate of drug-likeness (QED) is 0.597. The maximum absolute atomic E-state index is 12.7. The second-order valence-electron chi connectivity index (χ2n) is 8.84. The van der Waals surface area contributed by atoms with Gasteiger partial charge in [0.25, 0.3) is 0 Å². The number of carbonyl (C=O) groups is 1. The largest absolute Gasteiger partial charge is 0.356 e. The maximum atomic E-state index is 12.7. The summed E-state index contributed by atoms with van der Waals surface area (Å²) in [4.78, 5) is 19.2. The number of likely N-dealkylation sites (tertiary alicyclic amines) is 1. The smallest absolute Gasteiger partial charge is 0.225 e. The summed E-state index contributed by atoms with van der Waals surface area (Å²) >= 11 is 0. The van der Waals surface area contributed by atoms with Crippen LogP contribution in [0.15, 0.2) is 4.99 Å². The van der Waals surface area contributed by atoms with E-state index in [1.807, 2.05) is 7.05 Å². The van der Waals surface area contributed by atoms with Crippen LogP contribution in [-0.4, -0.2) is 49.5 Å². The molecule has 0 aromatic carbocycles. The molecular weight excluding hydrogens is 324 g/mol. The highest BCUT2D eigenvalue weighted by molar-refractivity contribution is 5.81. The standard InChI is InChI=1S/C21H38N4O/c1-16-7-6-8-17(13-16)14-23-21(22-2)24-19-11-12-25(15-19)20(26)18-9-4-3-5-10-18/h16-19H,3-15H2,1-2H3,(H2,22,23,24). The lowest BCUT2D eigenvalue weighted by molar-refractivity contribution is -0.135. The summed E-state index contributed by atoms with van der Waals surface area (Å²) in [7, 11) is 1.85. The molecule has 3 unspecified atom stereocenters. The molecule has 0 spiro atoms. The zero-order valence-electron chi connectivity index (χ0n) is 16.8. The van der Waals surface area contributed by atoms with Gasteiger partial charge in [-0.3, -0.25) is 9.79 Å². The highest BCUT2D eigenvalue weighted by Crippen LogP contribution is 2.28. The Morgan fingerprint density at radius 1 is 1.08 bits per heavy atom. The van der Waals surface area contributed by atoms with Crippen LogP contribution in [0.5, 0.6) is 0 Å². The Kier molecular flexibility index (Phi) is 7.21. The van der Waals surface area contributed by atoms with Crippen molar-refractivity contribution in [2.45, 2.75) is 77.2 Å². The van der Waals surface area contributed by atoms with Crippen molar-refractivity contribution in [1.29, 1.82) is 0 Å². The van der Waals surface area contributed by atoms with E-state index in [9.17, 15) is 4.79 Å². The predicted octanol–water partition coefficient (Wildman–Crippen LogP) is 3.16. The third-order valence-corrected chi connectivity index (χ3v) is 6.62. The number of carbonyl (C=O) groups excluding carboxylic acids is 1. The van der Waals surface area contributed by atoms with Gasteiger partial charge in [-0.1, -0.05) is 39.0 Å². The lowest BCUT2D eigenvalue weighted by Gasteiger charge is -2.28. The molecule has 3 aliphatic rings. The summed E-state index contributed by atoms with van der Waals surface area (Å²) in [5, 5.41) is 7.08. The number of amides is 1. The fourth-order valence-electron chi connectivity index (χ4n) is 5.06. The van der Waals surface area contributed by atoms with Gasteiger partial charge in [-0.2, -0.15) is 0 Å². The molecule has 2 saturated carbocycles. The van der Waals surface area contributed by atoms with Gasteiger partial charge in [-0.05, 0) is 43.9 Å². The fourth-order valence-corrected chi connectivity index (χ4v) is 5.06. The Morgan fingerprint density at radius 2 is 1.88 bits per heavy atom. The molecule has 2 N–H and O–H groups in total. The highest BCUT2D eigenvalue weighted by Gasteiger charge is 2.31. The maximum Gasteiger partial charge on any atom is 0.225 e. The Labute approximate surface area is 159 Å². The van der Waals surface area contributed by atoms with Crippen molar-refractivity contribution < 1.29 is 4.79 Å². The van der Waals surface area contributed by atoms with Crippen molar-refractivity contribution in [3.63, 3.8) is 0 Å². The summed E-state index contributed by atoms with van der Waals surface area (Å²) in [5.41, 5.74) is 0. The molecule has 3 atom stereocenters. The number of hydrogen-bond acceptors (Lipinski definition) is 2. The molecule has 1 heterocycles. The van der Waals surface area contributed by atoms with Gasteiger partial charge in [0.05, 0.1) is 0 Å². The molecule has 1 saturated heterocycles. The third kappa shape index (κ3) is 5.37. The van der Waals surface area contributed by atoms with E-state index in [2.05, 4.69) is 27.4 Å². The SMILES string of the molecule is CN=C(NCC1CCCC(C)C1)NC1CCN(C(=O)C2CCCCC2)C1. The Bertz CT molecular complexity index is 486. The van der Waals surface area contributed by atoms with Crippen LogP contribution < -0.4 is 10.6 Å². The molecule has 0 bridgehead atoms. The Morgan fingerprint density at radius 3 is 2.62 bits per heavy atom. The number of guanidine groups is 1. The molecule has 2 aliphatic carbocycles. The lowest BCUT2D eigenvalue weighted by Crippen LogP contribution is -2.46. The van der Waals surface area contributed by atoms with Crippen molar-refractivity contribution in [2.75, 3.05) is 26.7 Å². The Balaban J connectivity index is 1.41. The topological polar surface area (TPSA) is 56.7 Å². The summed E-state index contributed by atoms with van der Waals surface area (Å²) in [6, 6.07) is 0.332. The van der Waals surface area contributed by atoms with E-state index in [4.69, 9.17) is 0 Å². The first-order valence-corrected chi connectivity index (χ1v) is 10.9. The normalized spacial score (nSPS) is 31.1. The predicted molar refractivity (Wildman–Crippen MR) is 107 cm³/mol. The average Bonchev–Trinajstić information content (AvgIpc) is 3.14. The minimum atomic E-state index is 0.285. The van der Waals surface area contributed by atoms with Crippen molar-refractivity contribution in [1.82, 2.24) is 15.5 Å². The lowest BCUT2D eigenvalue weighted by atomic mass is 9.82. The van der Waals surface area contributed by atoms with Gasteiger partial charge >= 0.3 is 0 Å². The fraction of sp³-hybridized carbons (Fsp3) is 0.905. The molecule has 5 nitrogen and oxygen atoms in total. The van der Waals surface area contributed by atoms with E-state index in [1.54, 1.807) is 0 Å². The van der Waals surface area contributed by atoms with Crippen LogP contribution in [-0.2, 0) is 4.79 Å². The zero-order chi connectivity index (χ0) is 18.4. The summed E-state index contributed by atoms with van der Waals surface area (Å²) in [6.45, 7) is 5.11. The molecule has 5 heteroatoms. The van der Waals surface area contributed by atoms with E-state index in [1.165, 1.54) is 44.9 Å². The van der Waals surface area contributed by atoms with Crippen LogP contribution in [0.3, 0.4) is 0 Å². The van der Waals surface area contributed by atoms with Crippen molar-refractivity contribution >= 4 is 11.9 Å². The van der Waals surface area contributed by atoms with Gasteiger partial charge in [-0.15, -0.1) is 0 Å². The van der Waals surface area contributed by atoms with Crippen LogP contribution in [0, 0.1) is 17.8 Å². The van der Waals surface area contributed by atoms with Crippen LogP contribution in [0.25, 0.3) is 0 Å².